The summed E-state index contributed by atoms with van der Waals surface area (Å²) in [4.78, 5) is 13.8. The van der Waals surface area contributed by atoms with Gasteiger partial charge in [0, 0.05) is 17.6 Å². The first-order valence-electron chi connectivity index (χ1n) is 9.07. The average molecular weight is 340 g/mol. The van der Waals surface area contributed by atoms with Crippen LogP contribution in [0.1, 0.15) is 32.1 Å². The molecule has 1 aromatic carbocycles. The summed E-state index contributed by atoms with van der Waals surface area (Å²) in [5, 5.41) is 15.6. The first kappa shape index (κ1) is 16.2. The molecule has 2 aliphatic rings. The largest absolute Gasteiger partial charge is 0.351 e. The Kier molecular flexibility index (Phi) is 4.48. The fraction of sp³-hybridized carbons (Fsp3) is 0.556. The third-order valence-electron chi connectivity index (χ3n) is 5.47. The SMILES string of the molecule is NC1CC2CCCC(C1)C2NC(=O)Cn1nnc(-c2ccccc2)n1. The Morgan fingerprint density at radius 1 is 1.20 bits per heavy atom. The number of aromatic nitrogens is 4. The Morgan fingerprint density at radius 2 is 1.92 bits per heavy atom. The van der Waals surface area contributed by atoms with Crippen LogP contribution in [-0.2, 0) is 11.3 Å². The monoisotopic (exact) mass is 340 g/mol. The standard InChI is InChI=1S/C18H24N6O/c19-15-9-13-7-4-8-14(10-15)17(13)20-16(25)11-24-22-18(21-23-24)12-5-2-1-3-6-12/h1-3,5-6,13-15,17H,4,7-11,19H2,(H,20,25). The summed E-state index contributed by atoms with van der Waals surface area (Å²) in [6.07, 6.45) is 5.60. The van der Waals surface area contributed by atoms with E-state index in [0.717, 1.165) is 31.2 Å². The summed E-state index contributed by atoms with van der Waals surface area (Å²) in [6, 6.07) is 10.2. The maximum absolute atomic E-state index is 12.5. The van der Waals surface area contributed by atoms with E-state index < -0.39 is 0 Å². The summed E-state index contributed by atoms with van der Waals surface area (Å²) in [5.41, 5.74) is 7.05. The van der Waals surface area contributed by atoms with Crippen LogP contribution in [0.5, 0.6) is 0 Å². The summed E-state index contributed by atoms with van der Waals surface area (Å²) in [6.45, 7) is 0.0990. The predicted octanol–water partition coefficient (Wildman–Crippen LogP) is 1.36. The highest BCUT2D eigenvalue weighted by Crippen LogP contribution is 2.39. The lowest BCUT2D eigenvalue weighted by Gasteiger charge is -2.45. The molecule has 0 radical (unpaired) electrons. The van der Waals surface area contributed by atoms with Crippen molar-refractivity contribution in [3.8, 4) is 11.4 Å². The molecule has 1 amide bonds. The highest BCUT2D eigenvalue weighted by atomic mass is 16.2. The van der Waals surface area contributed by atoms with E-state index in [1.165, 1.54) is 11.2 Å². The first-order chi connectivity index (χ1) is 12.2. The summed E-state index contributed by atoms with van der Waals surface area (Å²) in [7, 11) is 0. The quantitative estimate of drug-likeness (QED) is 0.876. The number of tetrazole rings is 1. The van der Waals surface area contributed by atoms with Crippen molar-refractivity contribution in [2.75, 3.05) is 0 Å². The lowest BCUT2D eigenvalue weighted by molar-refractivity contribution is -0.124. The van der Waals surface area contributed by atoms with Crippen LogP contribution in [0.4, 0.5) is 0 Å². The molecule has 2 aliphatic carbocycles. The van der Waals surface area contributed by atoms with Gasteiger partial charge in [-0.25, -0.2) is 0 Å². The topological polar surface area (TPSA) is 98.7 Å². The average Bonchev–Trinajstić information content (AvgIpc) is 3.05. The second kappa shape index (κ2) is 6.92. The van der Waals surface area contributed by atoms with E-state index in [1.54, 1.807) is 0 Å². The van der Waals surface area contributed by atoms with Crippen LogP contribution in [0.2, 0.25) is 0 Å². The third kappa shape index (κ3) is 3.56. The maximum Gasteiger partial charge on any atom is 0.243 e. The van der Waals surface area contributed by atoms with Crippen LogP contribution in [0, 0.1) is 11.8 Å². The molecule has 7 heteroatoms. The highest BCUT2D eigenvalue weighted by molar-refractivity contribution is 5.76. The van der Waals surface area contributed by atoms with Crippen LogP contribution in [0.25, 0.3) is 11.4 Å². The van der Waals surface area contributed by atoms with Gasteiger partial charge in [0.25, 0.3) is 0 Å². The summed E-state index contributed by atoms with van der Waals surface area (Å²) >= 11 is 0. The molecule has 2 atom stereocenters. The number of nitrogens with one attached hydrogen (secondary N) is 1. The van der Waals surface area contributed by atoms with E-state index in [1.807, 2.05) is 30.3 Å². The Morgan fingerprint density at radius 3 is 2.64 bits per heavy atom. The van der Waals surface area contributed by atoms with Crippen molar-refractivity contribution in [3.63, 3.8) is 0 Å². The zero-order valence-electron chi connectivity index (χ0n) is 14.2. The number of nitrogens with zero attached hydrogens (tertiary/aromatic N) is 4. The van der Waals surface area contributed by atoms with Gasteiger partial charge in [-0.3, -0.25) is 4.79 Å². The first-order valence-corrected chi connectivity index (χ1v) is 9.07. The van der Waals surface area contributed by atoms with Crippen molar-refractivity contribution in [2.45, 2.75) is 50.7 Å². The van der Waals surface area contributed by atoms with Crippen molar-refractivity contribution < 1.29 is 4.79 Å². The van der Waals surface area contributed by atoms with Gasteiger partial charge in [0.05, 0.1) is 0 Å². The molecule has 0 aliphatic heterocycles. The zero-order valence-corrected chi connectivity index (χ0v) is 14.2. The fourth-order valence-corrected chi connectivity index (χ4v) is 4.40. The van der Waals surface area contributed by atoms with Crippen LogP contribution in [-0.4, -0.2) is 38.2 Å². The number of hydrogen-bond acceptors (Lipinski definition) is 5. The number of amides is 1. The minimum Gasteiger partial charge on any atom is -0.351 e. The van der Waals surface area contributed by atoms with Crippen LogP contribution in [0.3, 0.4) is 0 Å². The van der Waals surface area contributed by atoms with E-state index in [-0.39, 0.29) is 24.5 Å². The number of nitrogens with two attached hydrogens (primary N) is 1. The van der Waals surface area contributed by atoms with Gasteiger partial charge in [0.15, 0.2) is 0 Å². The van der Waals surface area contributed by atoms with E-state index in [9.17, 15) is 4.79 Å². The maximum atomic E-state index is 12.5. The molecule has 132 valence electrons. The van der Waals surface area contributed by atoms with Gasteiger partial charge in [-0.15, -0.1) is 10.2 Å². The zero-order chi connectivity index (χ0) is 17.2. The molecule has 0 spiro atoms. The molecular formula is C18H24N6O. The highest BCUT2D eigenvalue weighted by Gasteiger charge is 2.39. The second-order valence-electron chi connectivity index (χ2n) is 7.29. The van der Waals surface area contributed by atoms with Gasteiger partial charge in [-0.05, 0) is 42.7 Å². The molecule has 25 heavy (non-hydrogen) atoms. The van der Waals surface area contributed by atoms with Crippen LogP contribution >= 0.6 is 0 Å². The molecule has 2 saturated carbocycles. The molecule has 2 aromatic rings. The lowest BCUT2D eigenvalue weighted by atomic mass is 9.67. The van der Waals surface area contributed by atoms with Gasteiger partial charge in [-0.2, -0.15) is 4.80 Å². The number of fused-ring (bicyclic) bond motifs is 2. The summed E-state index contributed by atoms with van der Waals surface area (Å²) < 4.78 is 0. The van der Waals surface area contributed by atoms with Gasteiger partial charge >= 0.3 is 0 Å². The Bertz CT molecular complexity index is 716. The Balaban J connectivity index is 1.39. The van der Waals surface area contributed by atoms with Crippen LogP contribution < -0.4 is 11.1 Å². The number of benzene rings is 1. The van der Waals surface area contributed by atoms with E-state index >= 15 is 0 Å². The molecule has 0 saturated heterocycles. The van der Waals surface area contributed by atoms with Crippen molar-refractivity contribution in [3.05, 3.63) is 30.3 Å². The van der Waals surface area contributed by atoms with E-state index in [4.69, 9.17) is 5.73 Å². The molecule has 2 unspecified atom stereocenters. The Hall–Kier alpha value is -2.28. The summed E-state index contributed by atoms with van der Waals surface area (Å²) in [5.74, 6) is 1.51. The Labute approximate surface area is 147 Å². The minimum atomic E-state index is -0.0469. The molecule has 3 N–H and O–H groups in total. The van der Waals surface area contributed by atoms with Gasteiger partial charge in [0.1, 0.15) is 6.54 Å². The molecule has 1 aromatic heterocycles. The smallest absolute Gasteiger partial charge is 0.243 e. The molecular weight excluding hydrogens is 316 g/mol. The van der Waals surface area contributed by atoms with Crippen molar-refractivity contribution >= 4 is 5.91 Å². The van der Waals surface area contributed by atoms with Gasteiger partial charge in [-0.1, -0.05) is 36.8 Å². The predicted molar refractivity (Wildman–Crippen MR) is 93.2 cm³/mol. The lowest BCUT2D eigenvalue weighted by Crippen LogP contribution is -2.54. The third-order valence-corrected chi connectivity index (χ3v) is 5.47. The molecule has 2 fully saturated rings. The molecule has 2 bridgehead atoms. The minimum absolute atomic E-state index is 0.0469. The van der Waals surface area contributed by atoms with Crippen molar-refractivity contribution in [2.24, 2.45) is 17.6 Å². The number of rotatable bonds is 4. The van der Waals surface area contributed by atoms with Crippen molar-refractivity contribution in [1.82, 2.24) is 25.5 Å². The number of carbonyl (C=O) groups is 1. The van der Waals surface area contributed by atoms with E-state index in [0.29, 0.717) is 17.7 Å². The second-order valence-corrected chi connectivity index (χ2v) is 7.29. The van der Waals surface area contributed by atoms with Gasteiger partial charge < -0.3 is 11.1 Å². The van der Waals surface area contributed by atoms with Gasteiger partial charge in [0.2, 0.25) is 11.7 Å². The number of carbonyl (C=O) groups excluding carboxylic acids is 1. The van der Waals surface area contributed by atoms with E-state index in [2.05, 4.69) is 20.7 Å². The van der Waals surface area contributed by atoms with Crippen LogP contribution in [0.15, 0.2) is 30.3 Å². The fourth-order valence-electron chi connectivity index (χ4n) is 4.40. The molecule has 7 nitrogen and oxygen atoms in total. The van der Waals surface area contributed by atoms with Crippen molar-refractivity contribution in [1.29, 1.82) is 0 Å². The normalized spacial score (nSPS) is 28.5. The number of hydrogen-bond donors (Lipinski definition) is 2. The molecule has 4 rings (SSSR count). The molecule has 1 heterocycles.